The van der Waals surface area contributed by atoms with Crippen LogP contribution >= 0.6 is 0 Å². The Balaban J connectivity index is 1.20. The fourth-order valence-corrected chi connectivity index (χ4v) is 8.57. The van der Waals surface area contributed by atoms with Crippen molar-refractivity contribution in [3.05, 3.63) is 71.3 Å². The minimum absolute atomic E-state index is 0.0369. The number of anilines is 1. The molecule has 1 aromatic heterocycles. The largest absolute Gasteiger partial charge is 0.461 e. The Bertz CT molecular complexity index is 1710. The van der Waals surface area contributed by atoms with Gasteiger partial charge in [0, 0.05) is 30.6 Å². The number of ether oxygens (including phenoxy) is 1. The lowest BCUT2D eigenvalue weighted by atomic mass is 9.93. The number of nitrogens with zero attached hydrogens (tertiary/aromatic N) is 6. The van der Waals surface area contributed by atoms with Crippen molar-refractivity contribution in [3.63, 3.8) is 0 Å². The molecule has 1 saturated carbocycles. The molecular weight excluding hydrogens is 555 g/mol. The van der Waals surface area contributed by atoms with Crippen molar-refractivity contribution in [2.75, 3.05) is 50.8 Å². The maximum Gasteiger partial charge on any atom is 0.319 e. The lowest BCUT2D eigenvalue weighted by Gasteiger charge is -2.39. The Morgan fingerprint density at radius 3 is 2.80 bits per heavy atom. The van der Waals surface area contributed by atoms with E-state index in [9.17, 15) is 4.79 Å². The van der Waals surface area contributed by atoms with E-state index in [1.54, 1.807) is 11.0 Å². The molecular formula is C35H37FN6O2. The van der Waals surface area contributed by atoms with Gasteiger partial charge in [-0.05, 0) is 98.3 Å². The van der Waals surface area contributed by atoms with Gasteiger partial charge in [-0.15, -0.1) is 0 Å². The number of amides is 1. The number of rotatable bonds is 7. The molecule has 226 valence electrons. The predicted molar refractivity (Wildman–Crippen MR) is 167 cm³/mol. The summed E-state index contributed by atoms with van der Waals surface area (Å²) in [5, 5.41) is 0.613. The lowest BCUT2D eigenvalue weighted by Crippen LogP contribution is -2.56. The van der Waals surface area contributed by atoms with Gasteiger partial charge in [0.25, 0.3) is 0 Å². The van der Waals surface area contributed by atoms with Crippen LogP contribution < -0.4 is 9.64 Å². The highest BCUT2D eigenvalue weighted by atomic mass is 19.1. The highest BCUT2D eigenvalue weighted by Gasteiger charge is 2.47. The molecule has 4 fully saturated rings. The summed E-state index contributed by atoms with van der Waals surface area (Å²) in [5.41, 5.74) is 4.85. The Morgan fingerprint density at radius 2 is 2.00 bits per heavy atom. The molecule has 3 aliphatic heterocycles. The summed E-state index contributed by atoms with van der Waals surface area (Å²) >= 11 is 0. The molecule has 4 heterocycles. The molecule has 2 aliphatic carbocycles. The van der Waals surface area contributed by atoms with Crippen LogP contribution in [0.1, 0.15) is 49.1 Å². The van der Waals surface area contributed by atoms with Crippen LogP contribution in [0.3, 0.4) is 0 Å². The van der Waals surface area contributed by atoms with Crippen molar-refractivity contribution < 1.29 is 13.9 Å². The maximum absolute atomic E-state index is 16.2. The molecule has 0 unspecified atom stereocenters. The van der Waals surface area contributed by atoms with E-state index in [4.69, 9.17) is 21.3 Å². The molecule has 3 aromatic rings. The molecule has 0 N–H and O–H groups in total. The summed E-state index contributed by atoms with van der Waals surface area (Å²) in [6, 6.07) is 9.68. The molecule has 0 radical (unpaired) electrons. The SMILES string of the molecule is [C-]#[N+]C[C@H]1CN(c2nc(OCC34CCCN3CCC4)nc3cc(-c4cccc5c4[C@@H]4C[C@@H]4C5)c(F)cc23)CCN1C(=O)C=C. The summed E-state index contributed by atoms with van der Waals surface area (Å²) in [7, 11) is 0. The van der Waals surface area contributed by atoms with E-state index in [1.165, 1.54) is 36.5 Å². The van der Waals surface area contributed by atoms with Crippen LogP contribution in [0, 0.1) is 18.3 Å². The van der Waals surface area contributed by atoms with Crippen molar-refractivity contribution >= 4 is 22.6 Å². The van der Waals surface area contributed by atoms with Gasteiger partial charge in [0.1, 0.15) is 24.3 Å². The monoisotopic (exact) mass is 592 g/mol. The normalized spacial score (nSPS) is 25.0. The predicted octanol–water partition coefficient (Wildman–Crippen LogP) is 5.23. The van der Waals surface area contributed by atoms with Gasteiger partial charge >= 0.3 is 6.01 Å². The van der Waals surface area contributed by atoms with Crippen LogP contribution in [0.2, 0.25) is 0 Å². The Kier molecular flexibility index (Phi) is 6.60. The third kappa shape index (κ3) is 4.45. The van der Waals surface area contributed by atoms with E-state index in [0.717, 1.165) is 37.9 Å². The van der Waals surface area contributed by atoms with Gasteiger partial charge in [-0.1, -0.05) is 24.8 Å². The number of aromatic nitrogens is 2. The average molecular weight is 593 g/mol. The molecule has 0 bridgehead atoms. The maximum atomic E-state index is 16.2. The number of fused-ring (bicyclic) bond motifs is 5. The quantitative estimate of drug-likeness (QED) is 0.277. The zero-order valence-electron chi connectivity index (χ0n) is 25.0. The van der Waals surface area contributed by atoms with Gasteiger partial charge in [0.15, 0.2) is 0 Å². The van der Waals surface area contributed by atoms with Crippen molar-refractivity contribution in [1.29, 1.82) is 0 Å². The van der Waals surface area contributed by atoms with E-state index in [1.807, 2.05) is 18.2 Å². The summed E-state index contributed by atoms with van der Waals surface area (Å²) in [4.78, 5) is 32.3. The van der Waals surface area contributed by atoms with Crippen LogP contribution in [0.5, 0.6) is 6.01 Å². The number of carbonyl (C=O) groups excluding carboxylic acids is 1. The number of halogens is 1. The van der Waals surface area contributed by atoms with Crippen LogP contribution in [-0.4, -0.2) is 83.1 Å². The first-order valence-electron chi connectivity index (χ1n) is 16.0. The average Bonchev–Trinajstić information content (AvgIpc) is 3.32. The van der Waals surface area contributed by atoms with E-state index in [0.29, 0.717) is 66.4 Å². The minimum atomic E-state index is -0.326. The van der Waals surface area contributed by atoms with Crippen molar-refractivity contribution in [1.82, 2.24) is 19.8 Å². The zero-order chi connectivity index (χ0) is 30.0. The third-order valence-corrected chi connectivity index (χ3v) is 10.8. The van der Waals surface area contributed by atoms with Crippen LogP contribution in [-0.2, 0) is 11.2 Å². The van der Waals surface area contributed by atoms with Gasteiger partial charge in [0.05, 0.1) is 11.1 Å². The third-order valence-electron chi connectivity index (χ3n) is 10.8. The first kappa shape index (κ1) is 27.5. The molecule has 44 heavy (non-hydrogen) atoms. The smallest absolute Gasteiger partial charge is 0.319 e. The second kappa shape index (κ2) is 10.6. The fourth-order valence-electron chi connectivity index (χ4n) is 8.57. The highest BCUT2D eigenvalue weighted by Crippen LogP contribution is 2.58. The van der Waals surface area contributed by atoms with Crippen LogP contribution in [0.4, 0.5) is 10.2 Å². The van der Waals surface area contributed by atoms with E-state index < -0.39 is 0 Å². The molecule has 3 saturated heterocycles. The van der Waals surface area contributed by atoms with Crippen molar-refractivity contribution in [2.45, 2.75) is 56.0 Å². The summed E-state index contributed by atoms with van der Waals surface area (Å²) < 4.78 is 22.6. The summed E-state index contributed by atoms with van der Waals surface area (Å²) in [6.45, 7) is 15.4. The van der Waals surface area contributed by atoms with Gasteiger partial charge in [-0.3, -0.25) is 9.69 Å². The first-order chi connectivity index (χ1) is 21.5. The minimum Gasteiger partial charge on any atom is -0.461 e. The molecule has 0 spiro atoms. The Hall–Kier alpha value is -4.03. The highest BCUT2D eigenvalue weighted by molar-refractivity contribution is 5.94. The van der Waals surface area contributed by atoms with Gasteiger partial charge < -0.3 is 19.4 Å². The topological polar surface area (TPSA) is 66.2 Å². The van der Waals surface area contributed by atoms with Gasteiger partial charge in [-0.2, -0.15) is 9.97 Å². The second-order valence-corrected chi connectivity index (χ2v) is 13.2. The first-order valence-corrected chi connectivity index (χ1v) is 16.0. The molecule has 9 heteroatoms. The number of carbonyl (C=O) groups is 1. The lowest BCUT2D eigenvalue weighted by molar-refractivity contribution is -0.128. The number of benzene rings is 2. The molecule has 2 aromatic carbocycles. The number of hydrogen-bond donors (Lipinski definition) is 0. The van der Waals surface area contributed by atoms with Crippen molar-refractivity contribution in [2.24, 2.45) is 5.92 Å². The van der Waals surface area contributed by atoms with Crippen molar-refractivity contribution in [3.8, 4) is 17.1 Å². The molecule has 8 rings (SSSR count). The van der Waals surface area contributed by atoms with E-state index >= 15 is 4.39 Å². The molecule has 5 aliphatic rings. The van der Waals surface area contributed by atoms with Gasteiger partial charge in [0.2, 0.25) is 12.5 Å². The summed E-state index contributed by atoms with van der Waals surface area (Å²) in [5.74, 6) is 1.34. The molecule has 1 amide bonds. The Morgan fingerprint density at radius 1 is 1.16 bits per heavy atom. The molecule has 8 nitrogen and oxygen atoms in total. The summed E-state index contributed by atoms with van der Waals surface area (Å²) in [6.07, 6.45) is 8.15. The second-order valence-electron chi connectivity index (χ2n) is 13.2. The Labute approximate surface area is 257 Å². The number of piperazine rings is 1. The van der Waals surface area contributed by atoms with Crippen LogP contribution in [0.25, 0.3) is 26.9 Å². The van der Waals surface area contributed by atoms with E-state index in [2.05, 4.69) is 27.3 Å². The van der Waals surface area contributed by atoms with Crippen LogP contribution in [0.15, 0.2) is 43.0 Å². The van der Waals surface area contributed by atoms with E-state index in [-0.39, 0.29) is 29.8 Å². The number of hydrogen-bond acceptors (Lipinski definition) is 6. The zero-order valence-corrected chi connectivity index (χ0v) is 25.0. The standard InChI is InChI=1S/C35H37FN6O2/c1-3-31(43)42-14-13-40(20-24(42)19-37-2)33-28-17-29(36)27(25-8-4-7-22-15-23-16-26(23)32(22)25)18-30(28)38-34(39-33)44-21-35-9-5-11-41(35)12-6-10-35/h3-4,7-8,17-18,23-24,26H,1,5-6,9-16,19-21H2/t23-,24-,26+/m0/s1. The molecule has 3 atom stereocenters. The van der Waals surface area contributed by atoms with Gasteiger partial charge in [-0.25, -0.2) is 11.0 Å². The fraction of sp³-hybridized carbons (Fsp3) is 0.486.